The Morgan fingerprint density at radius 1 is 0.895 bits per heavy atom. The molecule has 0 fully saturated rings. The van der Waals surface area contributed by atoms with E-state index < -0.39 is 0 Å². The van der Waals surface area contributed by atoms with Crippen molar-refractivity contribution >= 4 is 30.0 Å². The molecule has 1 atom stereocenters. The van der Waals surface area contributed by atoms with E-state index in [1.165, 1.54) is 11.1 Å². The first-order valence-corrected chi connectivity index (χ1v) is 6.22. The average Bonchev–Trinajstić information content (AvgIpc) is 2.46. The van der Waals surface area contributed by atoms with Gasteiger partial charge in [0.05, 0.1) is 0 Å². The molecular formula is C18H18Sn. The molecule has 0 spiro atoms. The Labute approximate surface area is 132 Å². The molecule has 0 aliphatic heterocycles. The van der Waals surface area contributed by atoms with E-state index in [1.54, 1.807) is 0 Å². The van der Waals surface area contributed by atoms with Gasteiger partial charge in [0.15, 0.2) is 0 Å². The molecule has 4 radical (unpaired) electrons. The minimum Gasteiger partial charge on any atom is -0.102 e. The second kappa shape index (κ2) is 8.00. The Kier molecular flexibility index (Phi) is 6.64. The van der Waals surface area contributed by atoms with Gasteiger partial charge in [0.1, 0.15) is 0 Å². The summed E-state index contributed by atoms with van der Waals surface area (Å²) in [7, 11) is 0. The van der Waals surface area contributed by atoms with Crippen molar-refractivity contribution in [1.29, 1.82) is 0 Å². The van der Waals surface area contributed by atoms with E-state index in [0.29, 0.717) is 5.92 Å². The van der Waals surface area contributed by atoms with Gasteiger partial charge in [-0.25, -0.2) is 0 Å². The molecular weight excluding hydrogens is 335 g/mol. The van der Waals surface area contributed by atoms with Gasteiger partial charge in [-0.1, -0.05) is 73.3 Å². The van der Waals surface area contributed by atoms with Crippen molar-refractivity contribution < 1.29 is 0 Å². The summed E-state index contributed by atoms with van der Waals surface area (Å²) in [5.74, 6) is 0.367. The minimum atomic E-state index is 0. The predicted octanol–water partition coefficient (Wildman–Crippen LogP) is 4.46. The summed E-state index contributed by atoms with van der Waals surface area (Å²) >= 11 is 0. The maximum atomic E-state index is 3.96. The predicted molar refractivity (Wildman–Crippen MR) is 85.4 cm³/mol. The molecule has 2 aromatic carbocycles. The van der Waals surface area contributed by atoms with E-state index in [1.807, 2.05) is 18.2 Å². The van der Waals surface area contributed by atoms with E-state index in [9.17, 15) is 0 Å². The fourth-order valence-corrected chi connectivity index (χ4v) is 2.08. The molecule has 2 aromatic rings. The quantitative estimate of drug-likeness (QED) is 0.550. The maximum absolute atomic E-state index is 3.96. The molecule has 1 unspecified atom stereocenters. The van der Waals surface area contributed by atoms with Gasteiger partial charge in [-0.2, -0.15) is 0 Å². The summed E-state index contributed by atoms with van der Waals surface area (Å²) in [5, 5.41) is 0. The number of rotatable bonds is 5. The summed E-state index contributed by atoms with van der Waals surface area (Å²) in [6.07, 6.45) is 4.89. The minimum absolute atomic E-state index is 0. The summed E-state index contributed by atoms with van der Waals surface area (Å²) in [5.41, 5.74) is 3.80. The van der Waals surface area contributed by atoms with Gasteiger partial charge in [0, 0.05) is 29.8 Å². The average molecular weight is 353 g/mol. The number of benzene rings is 2. The van der Waals surface area contributed by atoms with Gasteiger partial charge in [-0.15, -0.1) is 6.58 Å². The molecule has 0 heterocycles. The fourth-order valence-electron chi connectivity index (χ4n) is 2.08. The van der Waals surface area contributed by atoms with Crippen LogP contribution in [-0.4, -0.2) is 23.9 Å². The van der Waals surface area contributed by atoms with Crippen LogP contribution in [-0.2, 0) is 6.42 Å². The molecule has 0 N–H and O–H groups in total. The first-order chi connectivity index (χ1) is 8.83. The summed E-state index contributed by atoms with van der Waals surface area (Å²) in [4.78, 5) is 0. The van der Waals surface area contributed by atoms with E-state index >= 15 is 0 Å². The third-order valence-corrected chi connectivity index (χ3v) is 3.18. The maximum Gasteiger partial charge on any atom is 0.00557 e. The van der Waals surface area contributed by atoms with Gasteiger partial charge < -0.3 is 0 Å². The Balaban J connectivity index is 0.00000180. The first kappa shape index (κ1) is 15.8. The molecule has 94 valence electrons. The van der Waals surface area contributed by atoms with E-state index in [-0.39, 0.29) is 23.9 Å². The zero-order chi connectivity index (χ0) is 12.8. The van der Waals surface area contributed by atoms with Crippen molar-refractivity contribution in [2.75, 3.05) is 0 Å². The second-order valence-corrected chi connectivity index (χ2v) is 4.40. The van der Waals surface area contributed by atoms with Crippen LogP contribution in [0.25, 0.3) is 6.08 Å². The van der Waals surface area contributed by atoms with E-state index in [4.69, 9.17) is 0 Å². The second-order valence-electron chi connectivity index (χ2n) is 4.40. The molecule has 0 aliphatic carbocycles. The third kappa shape index (κ3) is 4.39. The standard InChI is InChI=1S/C18H18.Sn/c1-3-15-10-12-18(13-11-15)17(4-2)14-16-8-6-5-7-9-16;/h3-13,17H,1-2,14H2;. The van der Waals surface area contributed by atoms with Gasteiger partial charge in [0.2, 0.25) is 0 Å². The topological polar surface area (TPSA) is 0 Å². The molecule has 0 aliphatic rings. The number of hydrogen-bond donors (Lipinski definition) is 0. The molecule has 0 saturated carbocycles. The normalized spacial score (nSPS) is 11.2. The van der Waals surface area contributed by atoms with Crippen LogP contribution in [0.4, 0.5) is 0 Å². The summed E-state index contributed by atoms with van der Waals surface area (Å²) in [6.45, 7) is 7.73. The fraction of sp³-hybridized carbons (Fsp3) is 0.111. The Hall–Kier alpha value is -1.28. The Morgan fingerprint density at radius 3 is 2.05 bits per heavy atom. The molecule has 2 rings (SSSR count). The zero-order valence-electron chi connectivity index (χ0n) is 11.0. The van der Waals surface area contributed by atoms with Crippen molar-refractivity contribution in [1.82, 2.24) is 0 Å². The van der Waals surface area contributed by atoms with Crippen molar-refractivity contribution in [2.24, 2.45) is 0 Å². The summed E-state index contributed by atoms with van der Waals surface area (Å²) < 4.78 is 0. The van der Waals surface area contributed by atoms with Crippen LogP contribution in [0.2, 0.25) is 0 Å². The number of hydrogen-bond acceptors (Lipinski definition) is 0. The summed E-state index contributed by atoms with van der Waals surface area (Å²) in [6, 6.07) is 19.0. The molecule has 0 amide bonds. The van der Waals surface area contributed by atoms with Crippen molar-refractivity contribution in [3.8, 4) is 0 Å². The third-order valence-electron chi connectivity index (χ3n) is 3.18. The van der Waals surface area contributed by atoms with Crippen molar-refractivity contribution in [3.05, 3.63) is 90.5 Å². The van der Waals surface area contributed by atoms with Gasteiger partial charge in [-0.3, -0.25) is 0 Å². The number of allylic oxidation sites excluding steroid dienone is 1. The first-order valence-electron chi connectivity index (χ1n) is 6.22. The van der Waals surface area contributed by atoms with E-state index in [0.717, 1.165) is 12.0 Å². The van der Waals surface area contributed by atoms with Gasteiger partial charge >= 0.3 is 0 Å². The smallest absolute Gasteiger partial charge is 0.00557 e. The van der Waals surface area contributed by atoms with Gasteiger partial charge in [0.25, 0.3) is 0 Å². The molecule has 0 nitrogen and oxygen atoms in total. The molecule has 0 saturated heterocycles. The molecule has 0 aromatic heterocycles. The van der Waals surface area contributed by atoms with Crippen LogP contribution in [0.5, 0.6) is 0 Å². The van der Waals surface area contributed by atoms with Crippen LogP contribution >= 0.6 is 0 Å². The van der Waals surface area contributed by atoms with Crippen LogP contribution in [0, 0.1) is 0 Å². The van der Waals surface area contributed by atoms with Crippen molar-refractivity contribution in [2.45, 2.75) is 12.3 Å². The van der Waals surface area contributed by atoms with Crippen LogP contribution < -0.4 is 0 Å². The monoisotopic (exact) mass is 354 g/mol. The van der Waals surface area contributed by atoms with Crippen LogP contribution in [0.3, 0.4) is 0 Å². The van der Waals surface area contributed by atoms with E-state index in [2.05, 4.69) is 61.7 Å². The molecule has 1 heteroatoms. The SMILES string of the molecule is C=Cc1ccc(C(C=C)Cc2ccccc2)cc1.[Sn]. The Bertz CT molecular complexity index is 511. The molecule has 0 bridgehead atoms. The zero-order valence-corrected chi connectivity index (χ0v) is 13.9. The van der Waals surface area contributed by atoms with Crippen LogP contribution in [0.1, 0.15) is 22.6 Å². The molecule has 19 heavy (non-hydrogen) atoms. The Morgan fingerprint density at radius 2 is 1.53 bits per heavy atom. The van der Waals surface area contributed by atoms with Crippen molar-refractivity contribution in [3.63, 3.8) is 0 Å². The van der Waals surface area contributed by atoms with Crippen LogP contribution in [0.15, 0.2) is 73.8 Å². The largest absolute Gasteiger partial charge is 0.102 e. The van der Waals surface area contributed by atoms with Gasteiger partial charge in [-0.05, 0) is 23.1 Å².